The van der Waals surface area contributed by atoms with E-state index in [1.165, 1.54) is 18.2 Å². The maximum absolute atomic E-state index is 13.0. The third-order valence-corrected chi connectivity index (χ3v) is 2.48. The predicted molar refractivity (Wildman–Crippen MR) is 66.9 cm³/mol. The van der Waals surface area contributed by atoms with Gasteiger partial charge in [-0.25, -0.2) is 9.18 Å². The largest absolute Gasteiger partial charge is 0.423 e. The summed E-state index contributed by atoms with van der Waals surface area (Å²) >= 11 is 0. The molecule has 2 N–H and O–H groups in total. The summed E-state index contributed by atoms with van der Waals surface area (Å²) in [5.41, 5.74) is 7.07. The number of hydrogen-bond donors (Lipinski definition) is 1. The van der Waals surface area contributed by atoms with Gasteiger partial charge in [-0.3, -0.25) is 0 Å². The minimum absolute atomic E-state index is 0.164. The topological polar surface area (TPSA) is 52.3 Å². The van der Waals surface area contributed by atoms with Crippen molar-refractivity contribution >= 4 is 11.7 Å². The van der Waals surface area contributed by atoms with E-state index in [1.54, 1.807) is 25.1 Å². The Hall–Kier alpha value is -2.36. The number of carbonyl (C=O) groups is 1. The molecule has 0 aromatic heterocycles. The van der Waals surface area contributed by atoms with Crippen LogP contribution in [0.1, 0.15) is 15.9 Å². The highest BCUT2D eigenvalue weighted by molar-refractivity contribution is 5.91. The molecule has 0 saturated heterocycles. The number of rotatable bonds is 2. The Morgan fingerprint density at radius 2 is 2.00 bits per heavy atom. The molecule has 2 aromatic rings. The van der Waals surface area contributed by atoms with Gasteiger partial charge in [-0.2, -0.15) is 0 Å². The second kappa shape index (κ2) is 4.87. The van der Waals surface area contributed by atoms with Crippen LogP contribution in [-0.4, -0.2) is 5.97 Å². The van der Waals surface area contributed by atoms with Gasteiger partial charge >= 0.3 is 5.97 Å². The van der Waals surface area contributed by atoms with Gasteiger partial charge in [-0.1, -0.05) is 12.1 Å². The van der Waals surface area contributed by atoms with E-state index in [0.717, 1.165) is 11.6 Å². The Kier molecular flexibility index (Phi) is 3.28. The van der Waals surface area contributed by atoms with Crippen LogP contribution >= 0.6 is 0 Å². The summed E-state index contributed by atoms with van der Waals surface area (Å²) in [7, 11) is 0. The highest BCUT2D eigenvalue weighted by atomic mass is 19.1. The van der Waals surface area contributed by atoms with E-state index in [-0.39, 0.29) is 5.56 Å². The normalized spacial score (nSPS) is 10.1. The Labute approximate surface area is 104 Å². The van der Waals surface area contributed by atoms with E-state index in [2.05, 4.69) is 0 Å². The summed E-state index contributed by atoms with van der Waals surface area (Å²) in [6.07, 6.45) is 0. The lowest BCUT2D eigenvalue weighted by Gasteiger charge is -2.08. The van der Waals surface area contributed by atoms with Crippen LogP contribution in [0, 0.1) is 12.7 Å². The number of hydrogen-bond acceptors (Lipinski definition) is 3. The standard InChI is InChI=1S/C14H12FNO2/c1-9-5-6-12(16)8-13(9)18-14(17)10-3-2-4-11(15)7-10/h2-8H,16H2,1H3. The molecule has 0 unspecified atom stereocenters. The lowest BCUT2D eigenvalue weighted by Crippen LogP contribution is -2.09. The summed E-state index contributed by atoms with van der Waals surface area (Å²) in [5, 5.41) is 0. The average Bonchev–Trinajstić information content (AvgIpc) is 2.34. The van der Waals surface area contributed by atoms with Crippen molar-refractivity contribution in [2.24, 2.45) is 0 Å². The van der Waals surface area contributed by atoms with Crippen LogP contribution in [0.3, 0.4) is 0 Å². The first kappa shape index (κ1) is 12.1. The van der Waals surface area contributed by atoms with E-state index in [4.69, 9.17) is 10.5 Å². The van der Waals surface area contributed by atoms with Crippen LogP contribution in [0.2, 0.25) is 0 Å². The van der Waals surface area contributed by atoms with E-state index < -0.39 is 11.8 Å². The lowest BCUT2D eigenvalue weighted by molar-refractivity contribution is 0.0733. The molecule has 0 fully saturated rings. The molecule has 2 rings (SSSR count). The Bertz CT molecular complexity index is 596. The zero-order valence-corrected chi connectivity index (χ0v) is 9.81. The van der Waals surface area contributed by atoms with Crippen LogP contribution in [0.4, 0.5) is 10.1 Å². The van der Waals surface area contributed by atoms with Crippen molar-refractivity contribution in [2.45, 2.75) is 6.92 Å². The molecule has 0 saturated carbocycles. The number of benzene rings is 2. The molecule has 0 aliphatic heterocycles. The van der Waals surface area contributed by atoms with E-state index in [0.29, 0.717) is 11.4 Å². The lowest BCUT2D eigenvalue weighted by atomic mass is 10.2. The molecule has 0 radical (unpaired) electrons. The van der Waals surface area contributed by atoms with Crippen LogP contribution in [0.5, 0.6) is 5.75 Å². The monoisotopic (exact) mass is 245 g/mol. The first-order valence-electron chi connectivity index (χ1n) is 5.40. The van der Waals surface area contributed by atoms with Crippen LogP contribution in [-0.2, 0) is 0 Å². The molecule has 18 heavy (non-hydrogen) atoms. The van der Waals surface area contributed by atoms with Gasteiger partial charge in [0.2, 0.25) is 0 Å². The summed E-state index contributed by atoms with van der Waals surface area (Å²) in [4.78, 5) is 11.8. The number of halogens is 1. The molecule has 0 heterocycles. The molecule has 4 heteroatoms. The van der Waals surface area contributed by atoms with Crippen molar-refractivity contribution < 1.29 is 13.9 Å². The fourth-order valence-electron chi connectivity index (χ4n) is 1.50. The number of nitrogens with two attached hydrogens (primary N) is 1. The number of carbonyl (C=O) groups excluding carboxylic acids is 1. The fraction of sp³-hybridized carbons (Fsp3) is 0.0714. The summed E-state index contributed by atoms with van der Waals surface area (Å²) in [5.74, 6) is -0.707. The summed E-state index contributed by atoms with van der Waals surface area (Å²) < 4.78 is 18.2. The molecule has 0 bridgehead atoms. The molecule has 0 atom stereocenters. The van der Waals surface area contributed by atoms with Gasteiger partial charge in [-0.15, -0.1) is 0 Å². The third-order valence-electron chi connectivity index (χ3n) is 2.48. The molecule has 2 aromatic carbocycles. The smallest absolute Gasteiger partial charge is 0.343 e. The summed E-state index contributed by atoms with van der Waals surface area (Å²) in [6.45, 7) is 1.80. The first-order chi connectivity index (χ1) is 8.56. The maximum Gasteiger partial charge on any atom is 0.343 e. The van der Waals surface area contributed by atoms with Crippen LogP contribution in [0.15, 0.2) is 42.5 Å². The number of aryl methyl sites for hydroxylation is 1. The van der Waals surface area contributed by atoms with E-state index in [1.807, 2.05) is 0 Å². The maximum atomic E-state index is 13.0. The Balaban J connectivity index is 2.24. The minimum Gasteiger partial charge on any atom is -0.423 e. The summed E-state index contributed by atoms with van der Waals surface area (Å²) in [6, 6.07) is 10.4. The quantitative estimate of drug-likeness (QED) is 0.502. The zero-order chi connectivity index (χ0) is 13.1. The number of ether oxygens (including phenoxy) is 1. The van der Waals surface area contributed by atoms with E-state index in [9.17, 15) is 9.18 Å². The molecular weight excluding hydrogens is 233 g/mol. The van der Waals surface area contributed by atoms with Gasteiger partial charge in [-0.05, 0) is 36.8 Å². The second-order valence-corrected chi connectivity index (χ2v) is 3.92. The highest BCUT2D eigenvalue weighted by Gasteiger charge is 2.11. The SMILES string of the molecule is Cc1ccc(N)cc1OC(=O)c1cccc(F)c1. The molecule has 0 amide bonds. The molecule has 0 spiro atoms. The van der Waals surface area contributed by atoms with Crippen molar-refractivity contribution in [3.63, 3.8) is 0 Å². The molecule has 0 aliphatic rings. The number of anilines is 1. The molecule has 0 aliphatic carbocycles. The number of esters is 1. The van der Waals surface area contributed by atoms with Gasteiger partial charge in [0.25, 0.3) is 0 Å². The average molecular weight is 245 g/mol. The van der Waals surface area contributed by atoms with Crippen molar-refractivity contribution in [2.75, 3.05) is 5.73 Å². The first-order valence-corrected chi connectivity index (χ1v) is 5.40. The number of nitrogen functional groups attached to an aromatic ring is 1. The van der Waals surface area contributed by atoms with Crippen molar-refractivity contribution in [3.8, 4) is 5.75 Å². The van der Waals surface area contributed by atoms with Crippen LogP contribution in [0.25, 0.3) is 0 Å². The van der Waals surface area contributed by atoms with Gasteiger partial charge in [0.05, 0.1) is 5.56 Å². The van der Waals surface area contributed by atoms with E-state index >= 15 is 0 Å². The molecule has 92 valence electrons. The zero-order valence-electron chi connectivity index (χ0n) is 9.81. The Morgan fingerprint density at radius 3 is 2.72 bits per heavy atom. The predicted octanol–water partition coefficient (Wildman–Crippen LogP) is 2.94. The third kappa shape index (κ3) is 2.66. The molecular formula is C14H12FNO2. The van der Waals surface area contributed by atoms with Gasteiger partial charge in [0, 0.05) is 11.8 Å². The Morgan fingerprint density at radius 1 is 1.22 bits per heavy atom. The van der Waals surface area contributed by atoms with Gasteiger partial charge in [0.1, 0.15) is 11.6 Å². The van der Waals surface area contributed by atoms with Crippen molar-refractivity contribution in [3.05, 3.63) is 59.4 Å². The fourth-order valence-corrected chi connectivity index (χ4v) is 1.50. The molecule has 3 nitrogen and oxygen atoms in total. The second-order valence-electron chi connectivity index (χ2n) is 3.92. The van der Waals surface area contributed by atoms with Crippen molar-refractivity contribution in [1.82, 2.24) is 0 Å². The minimum atomic E-state index is -0.608. The highest BCUT2D eigenvalue weighted by Crippen LogP contribution is 2.22. The van der Waals surface area contributed by atoms with Crippen molar-refractivity contribution in [1.29, 1.82) is 0 Å². The van der Waals surface area contributed by atoms with Gasteiger partial charge in [0.15, 0.2) is 0 Å². The van der Waals surface area contributed by atoms with Crippen LogP contribution < -0.4 is 10.5 Å². The van der Waals surface area contributed by atoms with Gasteiger partial charge < -0.3 is 10.5 Å².